The first-order valence-corrected chi connectivity index (χ1v) is 11.2. The lowest BCUT2D eigenvalue weighted by molar-refractivity contribution is -0.131. The maximum Gasteiger partial charge on any atom is 0.266 e. The van der Waals surface area contributed by atoms with E-state index < -0.39 is 15.8 Å². The van der Waals surface area contributed by atoms with E-state index in [4.69, 9.17) is 0 Å². The first-order chi connectivity index (χ1) is 14.7. The molecule has 164 valence electrons. The number of halogens is 1. The number of benzene rings is 1. The Morgan fingerprint density at radius 3 is 2.55 bits per heavy atom. The highest BCUT2D eigenvalue weighted by molar-refractivity contribution is 7.89. The number of aryl methyl sites for hydroxylation is 2. The number of H-pyrrole nitrogens is 1. The number of carbonyl (C=O) groups is 1. The second kappa shape index (κ2) is 7.89. The van der Waals surface area contributed by atoms with Gasteiger partial charge in [-0.1, -0.05) is 6.07 Å². The second-order valence-corrected chi connectivity index (χ2v) is 9.43. The lowest BCUT2D eigenvalue weighted by Gasteiger charge is -2.34. The van der Waals surface area contributed by atoms with Crippen molar-refractivity contribution in [2.45, 2.75) is 25.2 Å². The minimum atomic E-state index is -3.82. The molecule has 1 amide bonds. The van der Waals surface area contributed by atoms with Crippen molar-refractivity contribution in [2.24, 2.45) is 0 Å². The molecular weight excluding hydrogens is 425 g/mol. The van der Waals surface area contributed by atoms with E-state index >= 15 is 0 Å². The normalized spacial score (nSPS) is 15.5. The number of hydrogen-bond acceptors (Lipinski definition) is 5. The number of rotatable bonds is 4. The van der Waals surface area contributed by atoms with Crippen LogP contribution in [0.4, 0.5) is 4.39 Å². The van der Waals surface area contributed by atoms with Crippen molar-refractivity contribution in [2.75, 3.05) is 26.2 Å². The Hall–Kier alpha value is -3.05. The van der Waals surface area contributed by atoms with Gasteiger partial charge >= 0.3 is 0 Å². The lowest BCUT2D eigenvalue weighted by Crippen LogP contribution is -2.50. The molecule has 1 aliphatic heterocycles. The van der Waals surface area contributed by atoms with E-state index in [-0.39, 0.29) is 49.0 Å². The van der Waals surface area contributed by atoms with E-state index in [0.717, 1.165) is 17.3 Å². The van der Waals surface area contributed by atoms with Gasteiger partial charge in [-0.3, -0.25) is 14.7 Å². The topological polar surface area (TPSA) is 108 Å². The summed E-state index contributed by atoms with van der Waals surface area (Å²) in [6.45, 7) is 4.33. The fourth-order valence-corrected chi connectivity index (χ4v) is 5.28. The summed E-state index contributed by atoms with van der Waals surface area (Å²) < 4.78 is 41.7. The Labute approximate surface area is 178 Å². The minimum absolute atomic E-state index is 0.0947. The Morgan fingerprint density at radius 1 is 1.16 bits per heavy atom. The quantitative estimate of drug-likeness (QED) is 0.638. The third-order valence-corrected chi connectivity index (χ3v) is 7.45. The van der Waals surface area contributed by atoms with Crippen molar-refractivity contribution in [1.29, 1.82) is 0 Å². The number of amides is 1. The Kier molecular flexibility index (Phi) is 5.40. The molecule has 2 aromatic heterocycles. The highest BCUT2D eigenvalue weighted by Crippen LogP contribution is 2.20. The minimum Gasteiger partial charge on any atom is -0.340 e. The Bertz CT molecular complexity index is 1320. The van der Waals surface area contributed by atoms with Crippen LogP contribution in [0.15, 0.2) is 40.0 Å². The van der Waals surface area contributed by atoms with Crippen molar-refractivity contribution in [3.63, 3.8) is 0 Å². The second-order valence-electron chi connectivity index (χ2n) is 7.49. The molecule has 0 aliphatic carbocycles. The van der Waals surface area contributed by atoms with Crippen LogP contribution < -0.4 is 5.56 Å². The summed E-state index contributed by atoms with van der Waals surface area (Å²) in [6.07, 6.45) is 0.0947. The van der Waals surface area contributed by atoms with E-state index in [1.54, 1.807) is 16.3 Å². The van der Waals surface area contributed by atoms with Crippen LogP contribution in [0, 0.1) is 19.7 Å². The Morgan fingerprint density at radius 2 is 1.87 bits per heavy atom. The summed E-state index contributed by atoms with van der Waals surface area (Å²) in [4.78, 5) is 30.4. The average molecular weight is 447 g/mol. The molecule has 4 rings (SSSR count). The van der Waals surface area contributed by atoms with Crippen LogP contribution in [0.2, 0.25) is 0 Å². The summed E-state index contributed by atoms with van der Waals surface area (Å²) in [5.41, 5.74) is 2.34. The van der Waals surface area contributed by atoms with E-state index in [1.807, 2.05) is 6.92 Å². The van der Waals surface area contributed by atoms with Crippen LogP contribution in [-0.4, -0.2) is 64.3 Å². The molecule has 3 heterocycles. The molecule has 1 N–H and O–H groups in total. The zero-order valence-corrected chi connectivity index (χ0v) is 17.9. The van der Waals surface area contributed by atoms with Crippen LogP contribution in [0.25, 0.3) is 5.65 Å². The zero-order chi connectivity index (χ0) is 22.3. The number of nitrogens with zero attached hydrogens (tertiary/aromatic N) is 4. The number of carbonyl (C=O) groups excluding carboxylic acids is 1. The standard InChI is InChI=1S/C20H22FN5O4S/c1-13-17(14(2)26-18(22-13)12-19(27)23-26)11-20(28)24-6-8-25(9-7-24)31(29,30)16-5-3-4-15(21)10-16/h3-5,10,12H,6-9,11H2,1-2H3,(H,23,27). The highest BCUT2D eigenvalue weighted by atomic mass is 32.2. The van der Waals surface area contributed by atoms with Gasteiger partial charge in [-0.05, 0) is 32.0 Å². The SMILES string of the molecule is Cc1nc2cc(=O)[nH]n2c(C)c1CC(=O)N1CCN(S(=O)(=O)c2cccc(F)c2)CC1. The third-order valence-electron chi connectivity index (χ3n) is 5.56. The van der Waals surface area contributed by atoms with E-state index in [1.165, 1.54) is 28.6 Å². The number of aromatic nitrogens is 3. The smallest absolute Gasteiger partial charge is 0.266 e. The first kappa shape index (κ1) is 21.2. The molecule has 0 bridgehead atoms. The number of aromatic amines is 1. The van der Waals surface area contributed by atoms with E-state index in [2.05, 4.69) is 10.1 Å². The third kappa shape index (κ3) is 3.98. The molecule has 1 aromatic carbocycles. The van der Waals surface area contributed by atoms with Gasteiger partial charge in [0.1, 0.15) is 5.82 Å². The van der Waals surface area contributed by atoms with Gasteiger partial charge in [-0.25, -0.2) is 22.3 Å². The molecule has 1 saturated heterocycles. The van der Waals surface area contributed by atoms with Crippen molar-refractivity contribution in [3.05, 3.63) is 63.5 Å². The molecule has 0 unspecified atom stereocenters. The summed E-state index contributed by atoms with van der Waals surface area (Å²) >= 11 is 0. The maximum atomic E-state index is 13.4. The van der Waals surface area contributed by atoms with Gasteiger partial charge in [-0.2, -0.15) is 4.31 Å². The molecule has 3 aromatic rings. The largest absolute Gasteiger partial charge is 0.340 e. The predicted molar refractivity (Wildman–Crippen MR) is 111 cm³/mol. The lowest BCUT2D eigenvalue weighted by atomic mass is 10.1. The number of nitrogens with one attached hydrogen (secondary N) is 1. The van der Waals surface area contributed by atoms with E-state index in [0.29, 0.717) is 11.3 Å². The van der Waals surface area contributed by atoms with E-state index in [9.17, 15) is 22.4 Å². The fraction of sp³-hybridized carbons (Fsp3) is 0.350. The fourth-order valence-electron chi connectivity index (χ4n) is 3.83. The molecular formula is C20H22FN5O4S. The van der Waals surface area contributed by atoms with Crippen LogP contribution >= 0.6 is 0 Å². The van der Waals surface area contributed by atoms with Gasteiger partial charge in [0.25, 0.3) is 5.56 Å². The zero-order valence-electron chi connectivity index (χ0n) is 17.1. The molecule has 31 heavy (non-hydrogen) atoms. The monoisotopic (exact) mass is 447 g/mol. The van der Waals surface area contributed by atoms with Gasteiger partial charge in [0, 0.05) is 49.2 Å². The highest BCUT2D eigenvalue weighted by Gasteiger charge is 2.30. The maximum absolute atomic E-state index is 13.4. The molecule has 0 atom stereocenters. The predicted octanol–water partition coefficient (Wildman–Crippen LogP) is 0.854. The number of hydrogen-bond donors (Lipinski definition) is 1. The molecule has 1 aliphatic rings. The first-order valence-electron chi connectivity index (χ1n) is 9.78. The van der Waals surface area contributed by atoms with Gasteiger partial charge < -0.3 is 4.90 Å². The summed E-state index contributed by atoms with van der Waals surface area (Å²) in [5, 5.41) is 2.66. The van der Waals surface area contributed by atoms with Gasteiger partial charge in [-0.15, -0.1) is 0 Å². The molecule has 0 radical (unpaired) electrons. The molecule has 11 heteroatoms. The van der Waals surface area contributed by atoms with Crippen LogP contribution in [0.5, 0.6) is 0 Å². The molecule has 1 fully saturated rings. The average Bonchev–Trinajstić information content (AvgIpc) is 3.11. The van der Waals surface area contributed by atoms with Crippen molar-refractivity contribution in [3.8, 4) is 0 Å². The van der Waals surface area contributed by atoms with Gasteiger partial charge in [0.05, 0.1) is 11.3 Å². The summed E-state index contributed by atoms with van der Waals surface area (Å²) in [6, 6.07) is 6.29. The Balaban J connectivity index is 1.47. The number of fused-ring (bicyclic) bond motifs is 1. The summed E-state index contributed by atoms with van der Waals surface area (Å²) in [7, 11) is -3.82. The van der Waals surface area contributed by atoms with Gasteiger partial charge in [0.15, 0.2) is 5.65 Å². The molecule has 0 spiro atoms. The molecule has 0 saturated carbocycles. The van der Waals surface area contributed by atoms with Crippen molar-refractivity contribution >= 4 is 21.6 Å². The van der Waals surface area contributed by atoms with Crippen LogP contribution in [0.1, 0.15) is 17.0 Å². The van der Waals surface area contributed by atoms with Crippen LogP contribution in [-0.2, 0) is 21.2 Å². The van der Waals surface area contributed by atoms with Crippen molar-refractivity contribution in [1.82, 2.24) is 23.8 Å². The summed E-state index contributed by atoms with van der Waals surface area (Å²) in [5.74, 6) is -0.764. The number of sulfonamides is 1. The van der Waals surface area contributed by atoms with Crippen LogP contribution in [0.3, 0.4) is 0 Å². The van der Waals surface area contributed by atoms with Crippen molar-refractivity contribution < 1.29 is 17.6 Å². The molecule has 9 nitrogen and oxygen atoms in total. The number of piperazine rings is 1. The van der Waals surface area contributed by atoms with Gasteiger partial charge in [0.2, 0.25) is 15.9 Å².